The van der Waals surface area contributed by atoms with Gasteiger partial charge in [0.15, 0.2) is 0 Å². The lowest BCUT2D eigenvalue weighted by molar-refractivity contribution is 0.0951. The lowest BCUT2D eigenvalue weighted by atomic mass is 10.1. The van der Waals surface area contributed by atoms with Gasteiger partial charge in [-0.2, -0.15) is 4.31 Å². The molecule has 0 aliphatic carbocycles. The lowest BCUT2D eigenvalue weighted by Crippen LogP contribution is -2.30. The van der Waals surface area contributed by atoms with Crippen LogP contribution in [0.5, 0.6) is 0 Å². The van der Waals surface area contributed by atoms with Gasteiger partial charge in [-0.25, -0.2) is 8.42 Å². The van der Waals surface area contributed by atoms with Crippen LogP contribution < -0.4 is 5.32 Å². The normalized spacial score (nSPS) is 11.9. The lowest BCUT2D eigenvalue weighted by Gasteiger charge is -2.18. The molecule has 2 N–H and O–H groups in total. The van der Waals surface area contributed by atoms with Crippen LogP contribution in [0.1, 0.15) is 35.5 Å². The highest BCUT2D eigenvalue weighted by Gasteiger charge is 2.21. The van der Waals surface area contributed by atoms with Gasteiger partial charge in [0.25, 0.3) is 5.91 Å². The molecule has 0 radical (unpaired) electrons. The summed E-state index contributed by atoms with van der Waals surface area (Å²) in [7, 11) is -3.52. The zero-order valence-electron chi connectivity index (χ0n) is 16.3. The largest absolute Gasteiger partial charge is 0.359 e. The molecule has 0 spiro atoms. The molecule has 1 heterocycles. The molecular formula is C21H25N3O3S. The average molecular weight is 400 g/mol. The molecule has 0 bridgehead atoms. The van der Waals surface area contributed by atoms with Crippen molar-refractivity contribution in [1.82, 2.24) is 14.6 Å². The van der Waals surface area contributed by atoms with Crippen molar-refractivity contribution in [2.24, 2.45) is 0 Å². The molecule has 0 aliphatic heterocycles. The number of fused-ring (bicyclic) bond motifs is 1. The number of carbonyl (C=O) groups is 1. The number of H-pyrrole nitrogens is 1. The number of hydrogen-bond donors (Lipinski definition) is 2. The molecular weight excluding hydrogens is 374 g/mol. The Morgan fingerprint density at radius 3 is 2.36 bits per heavy atom. The highest BCUT2D eigenvalue weighted by molar-refractivity contribution is 7.89. The minimum Gasteiger partial charge on any atom is -0.359 e. The maximum Gasteiger partial charge on any atom is 0.251 e. The van der Waals surface area contributed by atoms with Gasteiger partial charge in [-0.3, -0.25) is 4.79 Å². The van der Waals surface area contributed by atoms with E-state index < -0.39 is 10.0 Å². The second-order valence-electron chi connectivity index (χ2n) is 6.67. The Morgan fingerprint density at radius 1 is 1.04 bits per heavy atom. The number of rotatable bonds is 7. The average Bonchev–Trinajstić information content (AvgIpc) is 3.06. The zero-order valence-corrected chi connectivity index (χ0v) is 17.1. The Bertz CT molecular complexity index is 1080. The number of aryl methyl sites for hydroxylation is 1. The fourth-order valence-corrected chi connectivity index (χ4v) is 4.67. The summed E-state index contributed by atoms with van der Waals surface area (Å²) in [6.07, 6.45) is 0. The first-order chi connectivity index (χ1) is 13.3. The molecule has 0 unspecified atom stereocenters. The van der Waals surface area contributed by atoms with Gasteiger partial charge in [-0.15, -0.1) is 0 Å². The molecule has 28 heavy (non-hydrogen) atoms. The number of sulfonamides is 1. The van der Waals surface area contributed by atoms with Crippen molar-refractivity contribution in [1.29, 1.82) is 0 Å². The molecule has 0 fully saturated rings. The minimum absolute atomic E-state index is 0.195. The standard InChI is InChI=1S/C21H25N3O3S/c1-4-24(5-2)28(26,27)19-9-7-17(8-10-19)21(25)22-14-16-6-11-20-18(13-16)12-15(3)23-20/h6-13,23H,4-5,14H2,1-3H3,(H,22,25). The maximum absolute atomic E-state index is 12.5. The van der Waals surface area contributed by atoms with Crippen LogP contribution in [0, 0.1) is 6.92 Å². The molecule has 7 heteroatoms. The summed E-state index contributed by atoms with van der Waals surface area (Å²) in [5.74, 6) is -0.239. The first-order valence-electron chi connectivity index (χ1n) is 9.31. The second kappa shape index (κ2) is 8.16. The number of benzene rings is 2. The molecule has 1 aromatic heterocycles. The molecule has 6 nitrogen and oxygen atoms in total. The van der Waals surface area contributed by atoms with Crippen molar-refractivity contribution in [2.45, 2.75) is 32.2 Å². The van der Waals surface area contributed by atoms with Crippen LogP contribution in [0.3, 0.4) is 0 Å². The van der Waals surface area contributed by atoms with Gasteiger partial charge in [0, 0.05) is 36.4 Å². The van der Waals surface area contributed by atoms with Crippen LogP contribution in [0.15, 0.2) is 53.4 Å². The molecule has 3 aromatic rings. The van der Waals surface area contributed by atoms with Gasteiger partial charge in [-0.1, -0.05) is 19.9 Å². The highest BCUT2D eigenvalue weighted by atomic mass is 32.2. The van der Waals surface area contributed by atoms with Crippen molar-refractivity contribution in [3.8, 4) is 0 Å². The van der Waals surface area contributed by atoms with Gasteiger partial charge >= 0.3 is 0 Å². The second-order valence-corrected chi connectivity index (χ2v) is 8.61. The third-order valence-corrected chi connectivity index (χ3v) is 6.80. The molecule has 0 aliphatic rings. The van der Waals surface area contributed by atoms with Gasteiger partial charge in [0.05, 0.1) is 4.90 Å². The Balaban J connectivity index is 1.68. The topological polar surface area (TPSA) is 82.3 Å². The molecule has 0 atom stereocenters. The molecule has 2 aromatic carbocycles. The third kappa shape index (κ3) is 4.10. The quantitative estimate of drug-likeness (QED) is 0.638. The summed E-state index contributed by atoms with van der Waals surface area (Å²) in [5, 5.41) is 3.99. The fraction of sp³-hybridized carbons (Fsp3) is 0.286. The number of nitrogens with zero attached hydrogens (tertiary/aromatic N) is 1. The summed E-state index contributed by atoms with van der Waals surface area (Å²) in [6.45, 7) is 6.83. The molecule has 148 valence electrons. The van der Waals surface area contributed by atoms with Crippen LogP contribution in [0.25, 0.3) is 10.9 Å². The number of nitrogens with one attached hydrogen (secondary N) is 2. The zero-order chi connectivity index (χ0) is 20.3. The summed E-state index contributed by atoms with van der Waals surface area (Å²) in [6, 6.07) is 14.1. The van der Waals surface area contributed by atoms with Gasteiger partial charge in [0.1, 0.15) is 0 Å². The SMILES string of the molecule is CCN(CC)S(=O)(=O)c1ccc(C(=O)NCc2ccc3[nH]c(C)cc3c2)cc1. The molecule has 3 rings (SSSR count). The van der Waals surface area contributed by atoms with E-state index in [1.807, 2.05) is 25.1 Å². The van der Waals surface area contributed by atoms with Crippen LogP contribution in [0.4, 0.5) is 0 Å². The highest BCUT2D eigenvalue weighted by Crippen LogP contribution is 2.18. The summed E-state index contributed by atoms with van der Waals surface area (Å²) >= 11 is 0. The Hall–Kier alpha value is -2.64. The summed E-state index contributed by atoms with van der Waals surface area (Å²) < 4.78 is 26.4. The van der Waals surface area contributed by atoms with Crippen LogP contribution in [-0.4, -0.2) is 36.7 Å². The van der Waals surface area contributed by atoms with E-state index >= 15 is 0 Å². The van der Waals surface area contributed by atoms with E-state index in [1.54, 1.807) is 26.0 Å². The summed E-state index contributed by atoms with van der Waals surface area (Å²) in [4.78, 5) is 15.9. The van der Waals surface area contributed by atoms with Gasteiger partial charge < -0.3 is 10.3 Å². The van der Waals surface area contributed by atoms with Gasteiger partial charge in [0.2, 0.25) is 10.0 Å². The fourth-order valence-electron chi connectivity index (χ4n) is 3.21. The third-order valence-electron chi connectivity index (χ3n) is 4.73. The van der Waals surface area contributed by atoms with Crippen molar-refractivity contribution >= 4 is 26.8 Å². The van der Waals surface area contributed by atoms with Crippen molar-refractivity contribution in [3.05, 3.63) is 65.4 Å². The van der Waals surface area contributed by atoms with Gasteiger partial charge in [-0.05, 0) is 60.3 Å². The first kappa shape index (κ1) is 20.1. The first-order valence-corrected chi connectivity index (χ1v) is 10.8. The Morgan fingerprint density at radius 2 is 1.71 bits per heavy atom. The van der Waals surface area contributed by atoms with E-state index in [0.29, 0.717) is 25.2 Å². The van der Waals surface area contributed by atoms with Crippen LogP contribution in [0.2, 0.25) is 0 Å². The monoisotopic (exact) mass is 399 g/mol. The predicted octanol–water partition coefficient (Wildman–Crippen LogP) is 3.44. The van der Waals surface area contributed by atoms with Crippen molar-refractivity contribution in [2.75, 3.05) is 13.1 Å². The molecule has 1 amide bonds. The maximum atomic E-state index is 12.5. The van der Waals surface area contributed by atoms with Crippen LogP contribution in [-0.2, 0) is 16.6 Å². The number of aromatic amines is 1. The predicted molar refractivity (Wildman–Crippen MR) is 111 cm³/mol. The minimum atomic E-state index is -3.52. The van der Waals surface area contributed by atoms with E-state index in [0.717, 1.165) is 22.2 Å². The molecule has 0 saturated carbocycles. The van der Waals surface area contributed by atoms with E-state index in [2.05, 4.69) is 16.4 Å². The number of amides is 1. The smallest absolute Gasteiger partial charge is 0.251 e. The number of aromatic nitrogens is 1. The van der Waals surface area contributed by atoms with E-state index in [9.17, 15) is 13.2 Å². The number of carbonyl (C=O) groups excluding carboxylic acids is 1. The molecule has 0 saturated heterocycles. The van der Waals surface area contributed by atoms with E-state index in [4.69, 9.17) is 0 Å². The summed E-state index contributed by atoms with van der Waals surface area (Å²) in [5.41, 5.74) is 3.59. The number of hydrogen-bond acceptors (Lipinski definition) is 3. The van der Waals surface area contributed by atoms with Crippen molar-refractivity contribution < 1.29 is 13.2 Å². The van der Waals surface area contributed by atoms with E-state index in [1.165, 1.54) is 16.4 Å². The van der Waals surface area contributed by atoms with Crippen LogP contribution >= 0.6 is 0 Å². The Kier molecular flexibility index (Phi) is 5.86. The van der Waals surface area contributed by atoms with Crippen molar-refractivity contribution in [3.63, 3.8) is 0 Å². The van der Waals surface area contributed by atoms with E-state index in [-0.39, 0.29) is 10.8 Å². The Labute approximate surface area is 165 Å².